The number of hydrogen-bond donors (Lipinski definition) is 1. The molecule has 0 radical (unpaired) electrons. The zero-order valence-corrected chi connectivity index (χ0v) is 15.4. The number of alkyl carbamates (subject to hydrolysis) is 1. The summed E-state index contributed by atoms with van der Waals surface area (Å²) in [6, 6.07) is 9.25. The first-order chi connectivity index (χ1) is 12.3. The van der Waals surface area contributed by atoms with Crippen molar-refractivity contribution >= 4 is 17.8 Å². The van der Waals surface area contributed by atoms with Gasteiger partial charge in [0.15, 0.2) is 11.9 Å². The summed E-state index contributed by atoms with van der Waals surface area (Å²) in [5.41, 5.74) is 0.322. The molecule has 2 fully saturated rings. The van der Waals surface area contributed by atoms with Gasteiger partial charge in [0.2, 0.25) is 0 Å². The van der Waals surface area contributed by atoms with Crippen molar-refractivity contribution in [2.45, 2.75) is 46.3 Å². The largest absolute Gasteiger partial charge is 0.452 e. The van der Waals surface area contributed by atoms with Crippen molar-refractivity contribution in [3.63, 3.8) is 0 Å². The second kappa shape index (κ2) is 6.74. The number of esters is 1. The summed E-state index contributed by atoms with van der Waals surface area (Å²) in [6.45, 7) is 5.94. The predicted octanol–water partition coefficient (Wildman–Crippen LogP) is 2.85. The molecular formula is C20H25NO5. The normalized spacial score (nSPS) is 28.7. The SMILES string of the molecule is CC1(C)[C@@H]2CC[C@@]1(C)[C@H](OC(=O)CNC(=O)OCc1ccccc1)C2=O. The number of carbonyl (C=O) groups is 3. The van der Waals surface area contributed by atoms with Gasteiger partial charge in [0.25, 0.3) is 0 Å². The van der Waals surface area contributed by atoms with Crippen LogP contribution in [0.2, 0.25) is 0 Å². The second-order valence-corrected chi connectivity index (χ2v) is 7.92. The Morgan fingerprint density at radius 3 is 2.50 bits per heavy atom. The quantitative estimate of drug-likeness (QED) is 0.818. The topological polar surface area (TPSA) is 81.7 Å². The van der Waals surface area contributed by atoms with Crippen LogP contribution in [0.15, 0.2) is 30.3 Å². The molecule has 3 atom stereocenters. The monoisotopic (exact) mass is 359 g/mol. The maximum Gasteiger partial charge on any atom is 0.407 e. The van der Waals surface area contributed by atoms with E-state index in [9.17, 15) is 14.4 Å². The van der Waals surface area contributed by atoms with Crippen molar-refractivity contribution in [2.24, 2.45) is 16.7 Å². The maximum absolute atomic E-state index is 12.5. The van der Waals surface area contributed by atoms with Crippen molar-refractivity contribution in [3.05, 3.63) is 35.9 Å². The number of ketones is 1. The van der Waals surface area contributed by atoms with Crippen LogP contribution in [0.25, 0.3) is 0 Å². The molecule has 2 bridgehead atoms. The molecule has 140 valence electrons. The van der Waals surface area contributed by atoms with Crippen LogP contribution in [0.5, 0.6) is 0 Å². The summed E-state index contributed by atoms with van der Waals surface area (Å²) in [4.78, 5) is 36.3. The van der Waals surface area contributed by atoms with Crippen molar-refractivity contribution in [1.82, 2.24) is 5.32 Å². The Kier molecular flexibility index (Phi) is 4.78. The third-order valence-corrected chi connectivity index (χ3v) is 6.32. The molecule has 0 saturated heterocycles. The maximum atomic E-state index is 12.5. The minimum absolute atomic E-state index is 0.00348. The molecule has 6 heteroatoms. The number of hydrogen-bond acceptors (Lipinski definition) is 5. The lowest BCUT2D eigenvalue weighted by Gasteiger charge is -2.37. The summed E-state index contributed by atoms with van der Waals surface area (Å²) in [5.74, 6) is -0.678. The highest BCUT2D eigenvalue weighted by molar-refractivity contribution is 5.93. The summed E-state index contributed by atoms with van der Waals surface area (Å²) >= 11 is 0. The lowest BCUT2D eigenvalue weighted by atomic mass is 9.70. The van der Waals surface area contributed by atoms with Gasteiger partial charge >= 0.3 is 12.1 Å². The molecule has 0 unspecified atom stereocenters. The number of Topliss-reactive ketones (excluding diaryl/α,β-unsaturated/α-hetero) is 1. The fraction of sp³-hybridized carbons (Fsp3) is 0.550. The minimum atomic E-state index is -0.731. The third-order valence-electron chi connectivity index (χ3n) is 6.32. The molecule has 0 spiro atoms. The van der Waals surface area contributed by atoms with Crippen LogP contribution in [0.4, 0.5) is 4.79 Å². The average molecular weight is 359 g/mol. The molecule has 1 amide bonds. The Morgan fingerprint density at radius 2 is 1.88 bits per heavy atom. The van der Waals surface area contributed by atoms with E-state index in [-0.39, 0.29) is 35.7 Å². The molecular weight excluding hydrogens is 334 g/mol. The molecule has 2 aliphatic carbocycles. The lowest BCUT2D eigenvalue weighted by molar-refractivity contribution is -0.161. The molecule has 0 heterocycles. The highest BCUT2D eigenvalue weighted by Crippen LogP contribution is 2.64. The summed E-state index contributed by atoms with van der Waals surface area (Å²) in [5, 5.41) is 2.37. The molecule has 3 rings (SSSR count). The van der Waals surface area contributed by atoms with Gasteiger partial charge in [-0.25, -0.2) is 4.79 Å². The van der Waals surface area contributed by atoms with Gasteiger partial charge < -0.3 is 14.8 Å². The van der Waals surface area contributed by atoms with Crippen LogP contribution in [0, 0.1) is 16.7 Å². The van der Waals surface area contributed by atoms with E-state index in [0.29, 0.717) is 0 Å². The summed E-state index contributed by atoms with van der Waals surface area (Å²) in [6.07, 6.45) is 0.281. The Bertz CT molecular complexity index is 714. The van der Waals surface area contributed by atoms with E-state index in [1.165, 1.54) is 0 Å². The number of nitrogens with one attached hydrogen (secondary N) is 1. The minimum Gasteiger partial charge on any atom is -0.452 e. The van der Waals surface area contributed by atoms with Crippen LogP contribution in [0.3, 0.4) is 0 Å². The number of rotatable bonds is 5. The number of benzene rings is 1. The van der Waals surface area contributed by atoms with Gasteiger partial charge in [-0.3, -0.25) is 9.59 Å². The zero-order chi connectivity index (χ0) is 18.9. The first-order valence-corrected chi connectivity index (χ1v) is 8.93. The smallest absolute Gasteiger partial charge is 0.407 e. The molecule has 1 N–H and O–H groups in total. The molecule has 26 heavy (non-hydrogen) atoms. The van der Waals surface area contributed by atoms with Crippen LogP contribution in [-0.2, 0) is 25.7 Å². The van der Waals surface area contributed by atoms with Crippen LogP contribution < -0.4 is 5.32 Å². The van der Waals surface area contributed by atoms with E-state index in [2.05, 4.69) is 19.2 Å². The fourth-order valence-electron chi connectivity index (χ4n) is 4.27. The van der Waals surface area contributed by atoms with Crippen molar-refractivity contribution < 1.29 is 23.9 Å². The van der Waals surface area contributed by atoms with E-state index in [4.69, 9.17) is 9.47 Å². The van der Waals surface area contributed by atoms with Gasteiger partial charge in [0.1, 0.15) is 13.2 Å². The third kappa shape index (κ3) is 3.08. The van der Waals surface area contributed by atoms with Crippen molar-refractivity contribution in [1.29, 1.82) is 0 Å². The predicted molar refractivity (Wildman–Crippen MR) is 94.1 cm³/mol. The molecule has 1 aromatic carbocycles. The fourth-order valence-corrected chi connectivity index (χ4v) is 4.27. The highest BCUT2D eigenvalue weighted by atomic mass is 16.6. The van der Waals surface area contributed by atoms with Gasteiger partial charge in [-0.2, -0.15) is 0 Å². The molecule has 2 saturated carbocycles. The molecule has 0 aliphatic heterocycles. The van der Waals surface area contributed by atoms with E-state index in [1.807, 2.05) is 37.3 Å². The summed E-state index contributed by atoms with van der Waals surface area (Å²) < 4.78 is 10.5. The van der Waals surface area contributed by atoms with Gasteiger partial charge in [-0.15, -0.1) is 0 Å². The Labute approximate surface area is 153 Å². The van der Waals surface area contributed by atoms with Crippen molar-refractivity contribution in [2.75, 3.05) is 6.54 Å². The summed E-state index contributed by atoms with van der Waals surface area (Å²) in [7, 11) is 0. The van der Waals surface area contributed by atoms with Crippen LogP contribution >= 0.6 is 0 Å². The van der Waals surface area contributed by atoms with Gasteiger partial charge in [-0.1, -0.05) is 51.1 Å². The van der Waals surface area contributed by atoms with Gasteiger partial charge in [-0.05, 0) is 23.8 Å². The lowest BCUT2D eigenvalue weighted by Crippen LogP contribution is -2.43. The van der Waals surface area contributed by atoms with Crippen LogP contribution in [-0.4, -0.2) is 30.5 Å². The van der Waals surface area contributed by atoms with Gasteiger partial charge in [0, 0.05) is 11.3 Å². The van der Waals surface area contributed by atoms with E-state index in [1.54, 1.807) is 0 Å². The number of amides is 1. The zero-order valence-electron chi connectivity index (χ0n) is 15.4. The number of fused-ring (bicyclic) bond motifs is 2. The molecule has 2 aliphatic rings. The van der Waals surface area contributed by atoms with E-state index in [0.717, 1.165) is 18.4 Å². The first-order valence-electron chi connectivity index (χ1n) is 8.93. The molecule has 1 aromatic rings. The highest BCUT2D eigenvalue weighted by Gasteiger charge is 2.67. The average Bonchev–Trinajstić information content (AvgIpc) is 2.92. The first kappa shape index (κ1) is 18.4. The second-order valence-electron chi connectivity index (χ2n) is 7.92. The van der Waals surface area contributed by atoms with E-state index >= 15 is 0 Å². The number of carbonyl (C=O) groups excluding carboxylic acids is 3. The number of ether oxygens (including phenoxy) is 2. The Morgan fingerprint density at radius 1 is 1.19 bits per heavy atom. The Balaban J connectivity index is 1.47. The Hall–Kier alpha value is -2.37. The molecule has 0 aromatic heterocycles. The van der Waals surface area contributed by atoms with E-state index < -0.39 is 18.2 Å². The van der Waals surface area contributed by atoms with Gasteiger partial charge in [0.05, 0.1) is 0 Å². The molecule has 6 nitrogen and oxygen atoms in total. The standard InChI is InChI=1S/C20H25NO5/c1-19(2)14-9-10-20(19,3)17(16(14)23)26-15(22)11-21-18(24)25-12-13-7-5-4-6-8-13/h4-8,14,17H,9-12H2,1-3H3,(H,21,24)/t14-,17-,20+/m1/s1. The van der Waals surface area contributed by atoms with Crippen molar-refractivity contribution in [3.8, 4) is 0 Å². The van der Waals surface area contributed by atoms with Crippen LogP contribution in [0.1, 0.15) is 39.2 Å².